The van der Waals surface area contributed by atoms with E-state index in [0.717, 1.165) is 29.5 Å². The molecule has 1 saturated heterocycles. The molecule has 0 unspecified atom stereocenters. The maximum absolute atomic E-state index is 9.01. The highest BCUT2D eigenvalue weighted by atomic mass is 79.9. The van der Waals surface area contributed by atoms with Crippen LogP contribution in [0.25, 0.3) is 0 Å². The van der Waals surface area contributed by atoms with Gasteiger partial charge in [-0.1, -0.05) is 15.9 Å². The summed E-state index contributed by atoms with van der Waals surface area (Å²) >= 11 is 3.43. The standard InChI is InChI=1S/C13H16BrN3/c14-12-6-10(13(16)11(7-12)8-15)5-9-1-3-17-4-2-9/h6-7,9,17H,1-5,16H2. The number of nitrogens with one attached hydrogen (secondary N) is 1. The Morgan fingerprint density at radius 1 is 1.41 bits per heavy atom. The number of benzene rings is 1. The van der Waals surface area contributed by atoms with E-state index in [-0.39, 0.29) is 0 Å². The molecule has 0 amide bonds. The van der Waals surface area contributed by atoms with Crippen molar-refractivity contribution in [2.24, 2.45) is 5.92 Å². The van der Waals surface area contributed by atoms with Gasteiger partial charge in [0.15, 0.2) is 0 Å². The zero-order chi connectivity index (χ0) is 12.3. The van der Waals surface area contributed by atoms with Crippen molar-refractivity contribution in [1.29, 1.82) is 5.26 Å². The Bertz CT molecular complexity index is 445. The number of hydrogen-bond acceptors (Lipinski definition) is 3. The molecule has 1 aromatic rings. The zero-order valence-corrected chi connectivity index (χ0v) is 11.3. The Morgan fingerprint density at radius 2 is 2.12 bits per heavy atom. The van der Waals surface area contributed by atoms with Crippen LogP contribution in [0.15, 0.2) is 16.6 Å². The summed E-state index contributed by atoms with van der Waals surface area (Å²) < 4.78 is 0.937. The first-order chi connectivity index (χ1) is 8.20. The van der Waals surface area contributed by atoms with Gasteiger partial charge in [-0.15, -0.1) is 0 Å². The summed E-state index contributed by atoms with van der Waals surface area (Å²) in [7, 11) is 0. The number of hydrogen-bond donors (Lipinski definition) is 2. The highest BCUT2D eigenvalue weighted by molar-refractivity contribution is 9.10. The van der Waals surface area contributed by atoms with Crippen molar-refractivity contribution >= 4 is 21.6 Å². The molecule has 1 fully saturated rings. The lowest BCUT2D eigenvalue weighted by molar-refractivity contribution is 0.373. The monoisotopic (exact) mass is 293 g/mol. The third-order valence-corrected chi connectivity index (χ3v) is 3.78. The number of nitriles is 1. The molecule has 0 saturated carbocycles. The van der Waals surface area contributed by atoms with E-state index in [0.29, 0.717) is 17.2 Å². The fraction of sp³-hybridized carbons (Fsp3) is 0.462. The van der Waals surface area contributed by atoms with Gasteiger partial charge in [-0.3, -0.25) is 0 Å². The predicted octanol–water partition coefficient (Wildman–Crippen LogP) is 2.45. The van der Waals surface area contributed by atoms with Crippen molar-refractivity contribution in [3.63, 3.8) is 0 Å². The molecule has 0 aliphatic carbocycles. The first-order valence-corrected chi connectivity index (χ1v) is 6.68. The minimum atomic E-state index is 0.573. The molecule has 1 aliphatic heterocycles. The summed E-state index contributed by atoms with van der Waals surface area (Å²) in [5.41, 5.74) is 8.34. The van der Waals surface area contributed by atoms with Gasteiger partial charge < -0.3 is 11.1 Å². The summed E-state index contributed by atoms with van der Waals surface area (Å²) in [6.45, 7) is 2.17. The van der Waals surface area contributed by atoms with Crippen molar-refractivity contribution in [3.8, 4) is 6.07 Å². The second-order valence-electron chi connectivity index (χ2n) is 4.54. The molecule has 1 aromatic carbocycles. The summed E-state index contributed by atoms with van der Waals surface area (Å²) in [5, 5.41) is 12.4. The molecule has 0 spiro atoms. The minimum Gasteiger partial charge on any atom is -0.397 e. The van der Waals surface area contributed by atoms with E-state index in [1.54, 1.807) is 6.07 Å². The van der Waals surface area contributed by atoms with Crippen molar-refractivity contribution in [1.82, 2.24) is 5.32 Å². The van der Waals surface area contributed by atoms with Gasteiger partial charge in [-0.2, -0.15) is 5.26 Å². The van der Waals surface area contributed by atoms with E-state index in [1.165, 1.54) is 12.8 Å². The number of piperidine rings is 1. The summed E-state index contributed by atoms with van der Waals surface area (Å²) in [6.07, 6.45) is 3.35. The van der Waals surface area contributed by atoms with Gasteiger partial charge in [0.05, 0.1) is 11.3 Å². The summed E-state index contributed by atoms with van der Waals surface area (Å²) in [6, 6.07) is 5.97. The van der Waals surface area contributed by atoms with Gasteiger partial charge in [-0.05, 0) is 56.0 Å². The Morgan fingerprint density at radius 3 is 2.76 bits per heavy atom. The Labute approximate surface area is 110 Å². The maximum atomic E-state index is 9.01. The van der Waals surface area contributed by atoms with Crippen LogP contribution < -0.4 is 11.1 Å². The van der Waals surface area contributed by atoms with Crippen LogP contribution in [-0.2, 0) is 6.42 Å². The van der Waals surface area contributed by atoms with Crippen LogP contribution in [0.2, 0.25) is 0 Å². The molecule has 3 nitrogen and oxygen atoms in total. The quantitative estimate of drug-likeness (QED) is 0.824. The fourth-order valence-corrected chi connectivity index (χ4v) is 2.84. The molecule has 1 aliphatic rings. The van der Waals surface area contributed by atoms with E-state index < -0.39 is 0 Å². The molecule has 0 atom stereocenters. The van der Waals surface area contributed by atoms with Crippen molar-refractivity contribution in [2.45, 2.75) is 19.3 Å². The molecule has 4 heteroatoms. The van der Waals surface area contributed by atoms with E-state index >= 15 is 0 Å². The van der Waals surface area contributed by atoms with Gasteiger partial charge in [0, 0.05) is 4.47 Å². The van der Waals surface area contributed by atoms with Gasteiger partial charge in [0.2, 0.25) is 0 Å². The lowest BCUT2D eigenvalue weighted by Crippen LogP contribution is -2.28. The van der Waals surface area contributed by atoms with Crippen molar-refractivity contribution in [3.05, 3.63) is 27.7 Å². The lowest BCUT2D eigenvalue weighted by atomic mass is 9.89. The van der Waals surface area contributed by atoms with Gasteiger partial charge in [-0.25, -0.2) is 0 Å². The van der Waals surface area contributed by atoms with Gasteiger partial charge in [0.1, 0.15) is 6.07 Å². The van der Waals surface area contributed by atoms with Gasteiger partial charge >= 0.3 is 0 Å². The first-order valence-electron chi connectivity index (χ1n) is 5.89. The Kier molecular flexibility index (Phi) is 4.03. The van der Waals surface area contributed by atoms with Crippen LogP contribution in [0, 0.1) is 17.2 Å². The molecule has 0 bridgehead atoms. The molecule has 2 rings (SSSR count). The van der Waals surface area contributed by atoms with Crippen LogP contribution >= 0.6 is 15.9 Å². The van der Waals surface area contributed by atoms with E-state index in [1.807, 2.05) is 6.07 Å². The summed E-state index contributed by atoms with van der Waals surface area (Å²) in [5.74, 6) is 0.680. The van der Waals surface area contributed by atoms with Crippen LogP contribution in [0.3, 0.4) is 0 Å². The van der Waals surface area contributed by atoms with Crippen LogP contribution in [-0.4, -0.2) is 13.1 Å². The molecule has 0 aromatic heterocycles. The van der Waals surface area contributed by atoms with Crippen LogP contribution in [0.5, 0.6) is 0 Å². The Hall–Kier alpha value is -1.05. The second kappa shape index (κ2) is 5.52. The largest absolute Gasteiger partial charge is 0.397 e. The van der Waals surface area contributed by atoms with Crippen LogP contribution in [0.1, 0.15) is 24.0 Å². The van der Waals surface area contributed by atoms with E-state index in [2.05, 4.69) is 27.3 Å². The lowest BCUT2D eigenvalue weighted by Gasteiger charge is -2.23. The second-order valence-corrected chi connectivity index (χ2v) is 5.45. The first kappa shape index (κ1) is 12.4. The van der Waals surface area contributed by atoms with Crippen molar-refractivity contribution in [2.75, 3.05) is 18.8 Å². The topological polar surface area (TPSA) is 61.8 Å². The fourth-order valence-electron chi connectivity index (χ4n) is 2.33. The average molecular weight is 294 g/mol. The van der Waals surface area contributed by atoms with E-state index in [4.69, 9.17) is 11.0 Å². The molecular weight excluding hydrogens is 278 g/mol. The van der Waals surface area contributed by atoms with E-state index in [9.17, 15) is 0 Å². The van der Waals surface area contributed by atoms with Gasteiger partial charge in [0.25, 0.3) is 0 Å². The highest BCUT2D eigenvalue weighted by Gasteiger charge is 2.16. The Balaban J connectivity index is 2.20. The molecule has 17 heavy (non-hydrogen) atoms. The number of halogens is 1. The molecule has 0 radical (unpaired) electrons. The van der Waals surface area contributed by atoms with Crippen LogP contribution in [0.4, 0.5) is 5.69 Å². The molecule has 1 heterocycles. The number of anilines is 1. The number of rotatable bonds is 2. The molecule has 90 valence electrons. The normalized spacial score (nSPS) is 16.7. The SMILES string of the molecule is N#Cc1cc(Br)cc(CC2CCNCC2)c1N. The highest BCUT2D eigenvalue weighted by Crippen LogP contribution is 2.27. The molecule has 3 N–H and O–H groups in total. The third kappa shape index (κ3) is 2.99. The zero-order valence-electron chi connectivity index (χ0n) is 9.67. The van der Waals surface area contributed by atoms with Crippen molar-refractivity contribution < 1.29 is 0 Å². The average Bonchev–Trinajstić information content (AvgIpc) is 2.34. The maximum Gasteiger partial charge on any atom is 0.101 e. The summed E-state index contributed by atoms with van der Waals surface area (Å²) in [4.78, 5) is 0. The molecular formula is C13H16BrN3. The smallest absolute Gasteiger partial charge is 0.101 e. The number of nitrogens with zero attached hydrogens (tertiary/aromatic N) is 1. The number of nitrogen functional groups attached to an aromatic ring is 1. The number of nitrogens with two attached hydrogens (primary N) is 1. The predicted molar refractivity (Wildman–Crippen MR) is 72.6 cm³/mol. The minimum absolute atomic E-state index is 0.573. The third-order valence-electron chi connectivity index (χ3n) is 3.32.